The van der Waals surface area contributed by atoms with Crippen molar-refractivity contribution in [2.45, 2.75) is 31.9 Å². The Balaban J connectivity index is 1.90. The third-order valence-corrected chi connectivity index (χ3v) is 3.51. The lowest BCUT2D eigenvalue weighted by atomic mass is 10.1. The van der Waals surface area contributed by atoms with Crippen LogP contribution in [0.15, 0.2) is 18.2 Å². The molecule has 1 aliphatic carbocycles. The van der Waals surface area contributed by atoms with Crippen molar-refractivity contribution in [3.8, 4) is 0 Å². The number of non-ortho nitro benzene ring substituents is 1. The highest BCUT2D eigenvalue weighted by atomic mass is 19.1. The molecular weight excluding hydrogens is 251 g/mol. The molecule has 0 saturated heterocycles. The first-order chi connectivity index (χ1) is 9.06. The number of hydrogen-bond donors (Lipinski definition) is 2. The number of aliphatic hydroxyl groups excluding tert-OH is 1. The van der Waals surface area contributed by atoms with Crippen LogP contribution in [0.4, 0.5) is 10.1 Å². The van der Waals surface area contributed by atoms with Gasteiger partial charge in [-0.05, 0) is 30.4 Å². The monoisotopic (exact) mass is 268 g/mol. The van der Waals surface area contributed by atoms with Gasteiger partial charge in [0.25, 0.3) is 5.69 Å². The molecule has 2 atom stereocenters. The predicted molar refractivity (Wildman–Crippen MR) is 68.1 cm³/mol. The van der Waals surface area contributed by atoms with Crippen LogP contribution < -0.4 is 5.32 Å². The molecule has 0 amide bonds. The summed E-state index contributed by atoms with van der Waals surface area (Å²) in [6.45, 7) is 1.01. The minimum Gasteiger partial charge on any atom is -0.393 e. The number of hydrogen-bond acceptors (Lipinski definition) is 4. The number of halogens is 1. The number of nitrogens with one attached hydrogen (secondary N) is 1. The molecule has 2 N–H and O–H groups in total. The molecule has 1 aromatic rings. The Morgan fingerprint density at radius 1 is 1.42 bits per heavy atom. The molecule has 0 heterocycles. The van der Waals surface area contributed by atoms with Gasteiger partial charge in [-0.2, -0.15) is 0 Å². The zero-order chi connectivity index (χ0) is 13.8. The van der Waals surface area contributed by atoms with Gasteiger partial charge in [-0.25, -0.2) is 4.39 Å². The average molecular weight is 268 g/mol. The van der Waals surface area contributed by atoms with E-state index in [-0.39, 0.29) is 17.7 Å². The summed E-state index contributed by atoms with van der Waals surface area (Å²) < 4.78 is 13.2. The van der Waals surface area contributed by atoms with Gasteiger partial charge in [0, 0.05) is 19.2 Å². The normalized spacial score (nSPS) is 22.6. The second-order valence-electron chi connectivity index (χ2n) is 4.96. The van der Waals surface area contributed by atoms with Crippen LogP contribution in [-0.4, -0.2) is 22.7 Å². The molecule has 1 aromatic carbocycles. The smallest absolute Gasteiger partial charge is 0.272 e. The summed E-state index contributed by atoms with van der Waals surface area (Å²) in [5.74, 6) is -0.379. The van der Waals surface area contributed by atoms with E-state index in [0.717, 1.165) is 25.3 Å². The van der Waals surface area contributed by atoms with E-state index < -0.39 is 10.7 Å². The molecule has 6 heteroatoms. The van der Waals surface area contributed by atoms with Gasteiger partial charge in [-0.15, -0.1) is 0 Å². The Labute approximate surface area is 110 Å². The quantitative estimate of drug-likeness (QED) is 0.632. The van der Waals surface area contributed by atoms with Crippen LogP contribution in [-0.2, 0) is 6.54 Å². The first-order valence-electron chi connectivity index (χ1n) is 6.39. The van der Waals surface area contributed by atoms with Crippen LogP contribution in [0, 0.1) is 21.8 Å². The van der Waals surface area contributed by atoms with Crippen LogP contribution in [0.5, 0.6) is 0 Å². The van der Waals surface area contributed by atoms with Crippen LogP contribution in [0.2, 0.25) is 0 Å². The third kappa shape index (κ3) is 3.71. The van der Waals surface area contributed by atoms with Crippen molar-refractivity contribution in [3.63, 3.8) is 0 Å². The molecule has 0 aliphatic heterocycles. The van der Waals surface area contributed by atoms with Crippen LogP contribution in [0.25, 0.3) is 0 Å². The number of nitro benzene ring substituents is 1. The lowest BCUT2D eigenvalue weighted by molar-refractivity contribution is -0.385. The fourth-order valence-corrected chi connectivity index (χ4v) is 2.50. The van der Waals surface area contributed by atoms with Gasteiger partial charge in [0.1, 0.15) is 5.82 Å². The molecule has 2 rings (SSSR count). The summed E-state index contributed by atoms with van der Waals surface area (Å²) in [6.07, 6.45) is 2.57. The molecule has 2 unspecified atom stereocenters. The van der Waals surface area contributed by atoms with Crippen molar-refractivity contribution in [1.82, 2.24) is 5.32 Å². The van der Waals surface area contributed by atoms with E-state index in [1.54, 1.807) is 0 Å². The number of nitrogens with zero attached hydrogens (tertiary/aromatic N) is 1. The van der Waals surface area contributed by atoms with Crippen LogP contribution in [0.3, 0.4) is 0 Å². The van der Waals surface area contributed by atoms with Crippen molar-refractivity contribution in [2.24, 2.45) is 5.92 Å². The fraction of sp³-hybridized carbons (Fsp3) is 0.538. The maximum absolute atomic E-state index is 13.2. The van der Waals surface area contributed by atoms with E-state index in [0.29, 0.717) is 18.7 Å². The molecule has 0 radical (unpaired) electrons. The summed E-state index contributed by atoms with van der Waals surface area (Å²) in [5, 5.41) is 23.4. The summed E-state index contributed by atoms with van der Waals surface area (Å²) in [5.41, 5.74) is 0.303. The van der Waals surface area contributed by atoms with Crippen molar-refractivity contribution < 1.29 is 14.4 Å². The molecule has 1 saturated carbocycles. The number of rotatable bonds is 5. The first kappa shape index (κ1) is 13.9. The Kier molecular flexibility index (Phi) is 4.44. The molecule has 0 spiro atoms. The van der Waals surface area contributed by atoms with Crippen LogP contribution >= 0.6 is 0 Å². The molecule has 19 heavy (non-hydrogen) atoms. The van der Waals surface area contributed by atoms with Gasteiger partial charge in [0.05, 0.1) is 17.1 Å². The van der Waals surface area contributed by atoms with Gasteiger partial charge in [0.2, 0.25) is 0 Å². The van der Waals surface area contributed by atoms with E-state index in [4.69, 9.17) is 0 Å². The van der Waals surface area contributed by atoms with Crippen molar-refractivity contribution in [2.75, 3.05) is 6.54 Å². The summed E-state index contributed by atoms with van der Waals surface area (Å²) in [4.78, 5) is 10.0. The van der Waals surface area contributed by atoms with Crippen molar-refractivity contribution in [1.29, 1.82) is 0 Å². The highest BCUT2D eigenvalue weighted by Gasteiger charge is 2.24. The maximum atomic E-state index is 13.2. The molecule has 1 fully saturated rings. The van der Waals surface area contributed by atoms with Crippen molar-refractivity contribution >= 4 is 5.69 Å². The number of benzene rings is 1. The molecular formula is C13H17FN2O3. The average Bonchev–Trinajstić information content (AvgIpc) is 2.74. The number of aliphatic hydroxyl groups is 1. The fourth-order valence-electron chi connectivity index (χ4n) is 2.50. The second-order valence-corrected chi connectivity index (χ2v) is 4.96. The minimum absolute atomic E-state index is 0.226. The molecule has 0 aromatic heterocycles. The maximum Gasteiger partial charge on any atom is 0.272 e. The SMILES string of the molecule is O=[N+]([O-])c1cc(F)cc(CNCC2CCCC2O)c1. The Morgan fingerprint density at radius 2 is 2.21 bits per heavy atom. The van der Waals surface area contributed by atoms with Gasteiger partial charge < -0.3 is 10.4 Å². The number of nitro groups is 1. The second kappa shape index (κ2) is 6.08. The van der Waals surface area contributed by atoms with Crippen molar-refractivity contribution in [3.05, 3.63) is 39.7 Å². The van der Waals surface area contributed by atoms with Gasteiger partial charge in [-0.1, -0.05) is 6.42 Å². The Bertz CT molecular complexity index is 467. The van der Waals surface area contributed by atoms with E-state index in [1.165, 1.54) is 12.1 Å². The van der Waals surface area contributed by atoms with Crippen LogP contribution in [0.1, 0.15) is 24.8 Å². The topological polar surface area (TPSA) is 75.4 Å². The molecule has 0 bridgehead atoms. The highest BCUT2D eigenvalue weighted by Crippen LogP contribution is 2.24. The van der Waals surface area contributed by atoms with E-state index in [2.05, 4.69) is 5.32 Å². The lowest BCUT2D eigenvalue weighted by Gasteiger charge is -2.15. The largest absolute Gasteiger partial charge is 0.393 e. The van der Waals surface area contributed by atoms with E-state index in [9.17, 15) is 19.6 Å². The zero-order valence-corrected chi connectivity index (χ0v) is 10.5. The molecule has 104 valence electrons. The summed E-state index contributed by atoms with van der Waals surface area (Å²) in [7, 11) is 0. The standard InChI is InChI=1S/C13H17FN2O3/c14-11-4-9(5-12(6-11)16(18)19)7-15-8-10-2-1-3-13(10)17/h4-6,10,13,15,17H,1-3,7-8H2. The highest BCUT2D eigenvalue weighted by molar-refractivity contribution is 5.35. The van der Waals surface area contributed by atoms with Gasteiger partial charge >= 0.3 is 0 Å². The first-order valence-corrected chi connectivity index (χ1v) is 6.39. The lowest BCUT2D eigenvalue weighted by Crippen LogP contribution is -2.27. The minimum atomic E-state index is -0.605. The van der Waals surface area contributed by atoms with E-state index in [1.807, 2.05) is 0 Å². The summed E-state index contributed by atoms with van der Waals surface area (Å²) in [6, 6.07) is 3.55. The Hall–Kier alpha value is -1.53. The predicted octanol–water partition coefficient (Wildman–Crippen LogP) is 1.98. The van der Waals surface area contributed by atoms with Gasteiger partial charge in [-0.3, -0.25) is 10.1 Å². The third-order valence-electron chi connectivity index (χ3n) is 3.51. The molecule has 1 aliphatic rings. The Morgan fingerprint density at radius 3 is 2.84 bits per heavy atom. The van der Waals surface area contributed by atoms with Gasteiger partial charge in [0.15, 0.2) is 0 Å². The molecule has 5 nitrogen and oxygen atoms in total. The van der Waals surface area contributed by atoms with E-state index >= 15 is 0 Å². The zero-order valence-electron chi connectivity index (χ0n) is 10.5. The summed E-state index contributed by atoms with van der Waals surface area (Å²) >= 11 is 0.